The molecule has 2 aromatic heterocycles. The first-order chi connectivity index (χ1) is 11.4. The summed E-state index contributed by atoms with van der Waals surface area (Å²) in [6, 6.07) is 1.31. The highest BCUT2D eigenvalue weighted by atomic mass is 19.1. The third kappa shape index (κ3) is 2.82. The van der Waals surface area contributed by atoms with Gasteiger partial charge in [0.2, 0.25) is 0 Å². The number of carbonyl (C=O) groups excluding carboxylic acids is 1. The number of nitrogens with one attached hydrogen (secondary N) is 2. The van der Waals surface area contributed by atoms with E-state index in [1.165, 1.54) is 30.9 Å². The SMILES string of the molecule is Cn1c(=O)c2cc(C(=O)NC[C@@H]3C[C@H](F)CN3)cnc2n(C)c1=O. The molecule has 0 aromatic carbocycles. The molecule has 0 aliphatic carbocycles. The van der Waals surface area contributed by atoms with Crippen molar-refractivity contribution < 1.29 is 9.18 Å². The Morgan fingerprint density at radius 1 is 1.42 bits per heavy atom. The van der Waals surface area contributed by atoms with Gasteiger partial charge in [0.25, 0.3) is 11.5 Å². The van der Waals surface area contributed by atoms with E-state index in [9.17, 15) is 18.8 Å². The molecule has 2 N–H and O–H groups in total. The van der Waals surface area contributed by atoms with Crippen LogP contribution in [0.3, 0.4) is 0 Å². The van der Waals surface area contributed by atoms with Crippen molar-refractivity contribution in [3.8, 4) is 0 Å². The highest BCUT2D eigenvalue weighted by Gasteiger charge is 2.24. The molecule has 9 heteroatoms. The number of aromatic nitrogens is 3. The number of aryl methyl sites for hydroxylation is 1. The number of hydrogen-bond donors (Lipinski definition) is 2. The van der Waals surface area contributed by atoms with Gasteiger partial charge < -0.3 is 10.6 Å². The van der Waals surface area contributed by atoms with Crippen molar-refractivity contribution in [1.82, 2.24) is 24.8 Å². The van der Waals surface area contributed by atoms with Crippen molar-refractivity contribution in [2.75, 3.05) is 13.1 Å². The highest BCUT2D eigenvalue weighted by molar-refractivity contribution is 5.96. The van der Waals surface area contributed by atoms with Crippen LogP contribution in [-0.2, 0) is 14.1 Å². The first-order valence-corrected chi connectivity index (χ1v) is 7.60. The first-order valence-electron chi connectivity index (χ1n) is 7.60. The molecular formula is C15H18FN5O3. The molecule has 0 bridgehead atoms. The molecule has 2 aromatic rings. The van der Waals surface area contributed by atoms with Crippen molar-refractivity contribution in [2.45, 2.75) is 18.6 Å². The average molecular weight is 335 g/mol. The molecular weight excluding hydrogens is 317 g/mol. The Morgan fingerprint density at radius 3 is 2.83 bits per heavy atom. The van der Waals surface area contributed by atoms with Crippen LogP contribution in [0, 0.1) is 0 Å². The summed E-state index contributed by atoms with van der Waals surface area (Å²) in [5.74, 6) is -0.399. The van der Waals surface area contributed by atoms with Gasteiger partial charge in [0, 0.05) is 39.4 Å². The Morgan fingerprint density at radius 2 is 2.17 bits per heavy atom. The third-order valence-corrected chi connectivity index (χ3v) is 4.23. The molecule has 24 heavy (non-hydrogen) atoms. The first kappa shape index (κ1) is 16.3. The van der Waals surface area contributed by atoms with E-state index in [0.717, 1.165) is 4.57 Å². The fourth-order valence-corrected chi connectivity index (χ4v) is 2.83. The zero-order valence-electron chi connectivity index (χ0n) is 13.4. The van der Waals surface area contributed by atoms with Gasteiger partial charge in [-0.15, -0.1) is 0 Å². The van der Waals surface area contributed by atoms with Gasteiger partial charge in [0.1, 0.15) is 11.8 Å². The summed E-state index contributed by atoms with van der Waals surface area (Å²) in [6.45, 7) is 0.588. The van der Waals surface area contributed by atoms with E-state index >= 15 is 0 Å². The molecule has 0 unspecified atom stereocenters. The van der Waals surface area contributed by atoms with Crippen LogP contribution < -0.4 is 21.9 Å². The minimum Gasteiger partial charge on any atom is -0.350 e. The second kappa shape index (κ2) is 6.16. The zero-order chi connectivity index (χ0) is 17.4. The number of alkyl halides is 1. The van der Waals surface area contributed by atoms with Crippen LogP contribution >= 0.6 is 0 Å². The highest BCUT2D eigenvalue weighted by Crippen LogP contribution is 2.10. The van der Waals surface area contributed by atoms with Gasteiger partial charge in [-0.25, -0.2) is 14.2 Å². The lowest BCUT2D eigenvalue weighted by molar-refractivity contribution is 0.0949. The molecule has 0 saturated carbocycles. The molecule has 1 amide bonds. The number of hydrogen-bond acceptors (Lipinski definition) is 5. The minimum atomic E-state index is -0.890. The molecule has 3 rings (SSSR count). The van der Waals surface area contributed by atoms with Crippen LogP contribution in [0.4, 0.5) is 4.39 Å². The number of nitrogens with zero attached hydrogens (tertiary/aromatic N) is 3. The normalized spacial score (nSPS) is 20.5. The molecule has 1 saturated heterocycles. The van der Waals surface area contributed by atoms with Crippen LogP contribution in [0.25, 0.3) is 11.0 Å². The molecule has 128 valence electrons. The lowest BCUT2D eigenvalue weighted by Gasteiger charge is -2.12. The van der Waals surface area contributed by atoms with Crippen molar-refractivity contribution in [3.05, 3.63) is 38.7 Å². The summed E-state index contributed by atoms with van der Waals surface area (Å²) in [7, 11) is 2.88. The van der Waals surface area contributed by atoms with Gasteiger partial charge >= 0.3 is 5.69 Å². The van der Waals surface area contributed by atoms with Gasteiger partial charge in [-0.3, -0.25) is 18.7 Å². The maximum Gasteiger partial charge on any atom is 0.332 e. The van der Waals surface area contributed by atoms with E-state index < -0.39 is 23.3 Å². The van der Waals surface area contributed by atoms with Crippen molar-refractivity contribution in [2.24, 2.45) is 14.1 Å². The molecule has 8 nitrogen and oxygen atoms in total. The Bertz CT molecular complexity index is 920. The summed E-state index contributed by atoms with van der Waals surface area (Å²) >= 11 is 0. The van der Waals surface area contributed by atoms with Crippen molar-refractivity contribution in [3.63, 3.8) is 0 Å². The van der Waals surface area contributed by atoms with Crippen LogP contribution in [0.1, 0.15) is 16.8 Å². The Labute approximate surface area is 136 Å². The average Bonchev–Trinajstić information content (AvgIpc) is 3.00. The van der Waals surface area contributed by atoms with Gasteiger partial charge in [-0.1, -0.05) is 0 Å². The lowest BCUT2D eigenvalue weighted by atomic mass is 10.2. The number of halogens is 1. The number of carbonyl (C=O) groups is 1. The van der Waals surface area contributed by atoms with E-state index in [4.69, 9.17) is 0 Å². The Hall–Kier alpha value is -2.55. The molecule has 1 aliphatic rings. The molecule has 3 heterocycles. The Kier molecular flexibility index (Phi) is 4.18. The monoisotopic (exact) mass is 335 g/mol. The summed E-state index contributed by atoms with van der Waals surface area (Å²) in [6.07, 6.45) is 0.786. The zero-order valence-corrected chi connectivity index (χ0v) is 13.4. The predicted octanol–water partition coefficient (Wildman–Crippen LogP) is -0.938. The number of amides is 1. The quantitative estimate of drug-likeness (QED) is 0.755. The van der Waals surface area contributed by atoms with E-state index in [1.54, 1.807) is 0 Å². The number of fused-ring (bicyclic) bond motifs is 1. The number of rotatable bonds is 3. The fraction of sp³-hybridized carbons (Fsp3) is 0.467. The second-order valence-electron chi connectivity index (χ2n) is 5.95. The van der Waals surface area contributed by atoms with Gasteiger partial charge in [-0.05, 0) is 12.5 Å². The predicted molar refractivity (Wildman–Crippen MR) is 85.9 cm³/mol. The van der Waals surface area contributed by atoms with E-state index in [2.05, 4.69) is 15.6 Å². The second-order valence-corrected chi connectivity index (χ2v) is 5.95. The topological polar surface area (TPSA) is 98.0 Å². The molecule has 0 radical (unpaired) electrons. The largest absolute Gasteiger partial charge is 0.350 e. The maximum atomic E-state index is 13.1. The van der Waals surface area contributed by atoms with Crippen molar-refractivity contribution >= 4 is 16.9 Å². The summed E-state index contributed by atoms with van der Waals surface area (Å²) in [4.78, 5) is 40.4. The smallest absolute Gasteiger partial charge is 0.332 e. The number of pyridine rings is 1. The van der Waals surface area contributed by atoms with E-state index in [1.807, 2.05) is 0 Å². The molecule has 2 atom stereocenters. The third-order valence-electron chi connectivity index (χ3n) is 4.23. The van der Waals surface area contributed by atoms with Crippen LogP contribution in [0.15, 0.2) is 21.9 Å². The van der Waals surface area contributed by atoms with Crippen LogP contribution in [-0.4, -0.2) is 45.3 Å². The maximum absolute atomic E-state index is 13.1. The summed E-state index contributed by atoms with van der Waals surface area (Å²) in [5.41, 5.74) is -0.552. The van der Waals surface area contributed by atoms with Gasteiger partial charge in [0.15, 0.2) is 0 Å². The molecule has 0 spiro atoms. The van der Waals surface area contributed by atoms with E-state index in [-0.39, 0.29) is 22.6 Å². The van der Waals surface area contributed by atoms with Gasteiger partial charge in [-0.2, -0.15) is 0 Å². The standard InChI is InChI=1S/C15H18FN5O3/c1-20-12-11(14(23)21(2)15(20)24)3-8(5-18-12)13(22)19-7-10-4-9(16)6-17-10/h3,5,9-10,17H,4,6-7H2,1-2H3,(H,19,22)/t9-,10-/m0/s1. The van der Waals surface area contributed by atoms with Crippen LogP contribution in [0.5, 0.6) is 0 Å². The summed E-state index contributed by atoms with van der Waals surface area (Å²) in [5, 5.41) is 5.87. The minimum absolute atomic E-state index is 0.106. The van der Waals surface area contributed by atoms with Crippen LogP contribution in [0.2, 0.25) is 0 Å². The molecule has 1 aliphatic heterocycles. The van der Waals surface area contributed by atoms with Crippen molar-refractivity contribution in [1.29, 1.82) is 0 Å². The fourth-order valence-electron chi connectivity index (χ4n) is 2.83. The Balaban J connectivity index is 1.86. The lowest BCUT2D eigenvalue weighted by Crippen LogP contribution is -2.38. The van der Waals surface area contributed by atoms with Gasteiger partial charge in [0.05, 0.1) is 10.9 Å². The summed E-state index contributed by atoms with van der Waals surface area (Å²) < 4.78 is 15.3. The molecule has 1 fully saturated rings. The van der Waals surface area contributed by atoms with E-state index in [0.29, 0.717) is 19.5 Å².